The number of aliphatic hydroxyl groups is 1. The van der Waals surface area contributed by atoms with Crippen LogP contribution in [-0.4, -0.2) is 46.9 Å². The van der Waals surface area contributed by atoms with Crippen molar-refractivity contribution in [1.82, 2.24) is 14.8 Å². The van der Waals surface area contributed by atoms with E-state index in [0.717, 1.165) is 53.3 Å². The number of ether oxygens (including phenoxy) is 3. The Morgan fingerprint density at radius 1 is 0.921 bits per heavy atom. The number of aliphatic imine (C=N–C) groups is 1. The summed E-state index contributed by atoms with van der Waals surface area (Å²) >= 11 is 1.79. The molecular formula is C29H30N4O4S. The molecule has 2 aromatic carbocycles. The number of aryl methyl sites for hydroxylation is 3. The normalized spacial score (nSPS) is 13.8. The van der Waals surface area contributed by atoms with E-state index in [1.807, 2.05) is 16.7 Å². The van der Waals surface area contributed by atoms with Crippen molar-refractivity contribution in [3.8, 4) is 22.2 Å². The molecule has 0 saturated carbocycles. The first-order valence-corrected chi connectivity index (χ1v) is 13.6. The van der Waals surface area contributed by atoms with Gasteiger partial charge in [0.05, 0.1) is 27.0 Å². The van der Waals surface area contributed by atoms with Gasteiger partial charge in [-0.1, -0.05) is 24.3 Å². The van der Waals surface area contributed by atoms with E-state index in [9.17, 15) is 5.11 Å². The van der Waals surface area contributed by atoms with Gasteiger partial charge in [-0.05, 0) is 60.9 Å². The smallest absolute Gasteiger partial charge is 0.203 e. The van der Waals surface area contributed by atoms with Gasteiger partial charge >= 0.3 is 0 Å². The second kappa shape index (κ2) is 10.2. The van der Waals surface area contributed by atoms with E-state index in [-0.39, 0.29) is 6.61 Å². The maximum absolute atomic E-state index is 9.90. The molecule has 38 heavy (non-hydrogen) atoms. The van der Waals surface area contributed by atoms with Crippen molar-refractivity contribution in [3.63, 3.8) is 0 Å². The van der Waals surface area contributed by atoms with Gasteiger partial charge in [-0.2, -0.15) is 0 Å². The van der Waals surface area contributed by atoms with Crippen molar-refractivity contribution in [1.29, 1.82) is 0 Å². The Labute approximate surface area is 225 Å². The number of aliphatic hydroxyl groups excluding tert-OH is 1. The van der Waals surface area contributed by atoms with Crippen LogP contribution in [0.1, 0.15) is 50.8 Å². The summed E-state index contributed by atoms with van der Waals surface area (Å²) in [6.45, 7) is 0.284. The quantitative estimate of drug-likeness (QED) is 0.362. The molecule has 4 aromatic rings. The van der Waals surface area contributed by atoms with Gasteiger partial charge in [0.15, 0.2) is 23.1 Å². The molecule has 1 N–H and O–H groups in total. The molecule has 1 aliphatic carbocycles. The molecule has 0 unspecified atom stereocenters. The Kier molecular flexibility index (Phi) is 6.63. The number of rotatable bonds is 8. The number of benzene rings is 2. The maximum Gasteiger partial charge on any atom is 0.203 e. The maximum atomic E-state index is 9.90. The van der Waals surface area contributed by atoms with Crippen LogP contribution in [0.4, 0.5) is 0 Å². The first-order valence-electron chi connectivity index (χ1n) is 12.8. The van der Waals surface area contributed by atoms with E-state index >= 15 is 0 Å². The molecule has 0 atom stereocenters. The SMILES string of the molecule is COc1cc(CCc2ccc(C3=NCc4nnc(CO)n4-c4sc5c(c43)CCC5)cc2)cc(OC)c1OC. The van der Waals surface area contributed by atoms with Crippen LogP contribution in [-0.2, 0) is 38.8 Å². The van der Waals surface area contributed by atoms with Gasteiger partial charge in [0, 0.05) is 16.0 Å². The first-order chi connectivity index (χ1) is 18.6. The highest BCUT2D eigenvalue weighted by Crippen LogP contribution is 2.41. The van der Waals surface area contributed by atoms with Gasteiger partial charge in [0.2, 0.25) is 5.75 Å². The summed E-state index contributed by atoms with van der Waals surface area (Å²) in [7, 11) is 4.89. The van der Waals surface area contributed by atoms with Crippen molar-refractivity contribution in [2.45, 2.75) is 45.3 Å². The largest absolute Gasteiger partial charge is 0.493 e. The van der Waals surface area contributed by atoms with Crippen LogP contribution < -0.4 is 14.2 Å². The molecule has 2 aromatic heterocycles. The summed E-state index contributed by atoms with van der Waals surface area (Å²) in [5.41, 5.74) is 7.04. The Morgan fingerprint density at radius 3 is 2.34 bits per heavy atom. The van der Waals surface area contributed by atoms with Crippen molar-refractivity contribution in [2.75, 3.05) is 21.3 Å². The molecule has 3 heterocycles. The number of thiophene rings is 1. The minimum atomic E-state index is -0.148. The standard InChI is InChI=1S/C29H30N4O4S/c1-35-21-13-18(14-22(36-2)28(21)37-3)8-7-17-9-11-19(12-10-17)27-26-20-5-4-6-23(20)38-29(26)33-24(15-30-27)31-32-25(33)16-34/h9-14,34H,4-8,15-16H2,1-3H3. The third-order valence-corrected chi connectivity index (χ3v) is 8.59. The minimum Gasteiger partial charge on any atom is -0.493 e. The van der Waals surface area contributed by atoms with Crippen molar-refractivity contribution in [2.24, 2.45) is 4.99 Å². The fourth-order valence-electron chi connectivity index (χ4n) is 5.45. The topological polar surface area (TPSA) is 91.0 Å². The summed E-state index contributed by atoms with van der Waals surface area (Å²) in [4.78, 5) is 6.44. The third kappa shape index (κ3) is 4.16. The molecule has 0 saturated heterocycles. The van der Waals surface area contributed by atoms with Crippen LogP contribution in [0.25, 0.3) is 5.00 Å². The summed E-state index contributed by atoms with van der Waals surface area (Å²) in [5.74, 6) is 3.28. The predicted octanol–water partition coefficient (Wildman–Crippen LogP) is 4.47. The number of fused-ring (bicyclic) bond motifs is 5. The fourth-order valence-corrected chi connectivity index (χ4v) is 6.88. The number of methoxy groups -OCH3 is 3. The van der Waals surface area contributed by atoms with Crippen molar-refractivity contribution >= 4 is 17.0 Å². The molecule has 8 nitrogen and oxygen atoms in total. The monoisotopic (exact) mass is 530 g/mol. The molecule has 0 bridgehead atoms. The van der Waals surface area contributed by atoms with Crippen LogP contribution in [0.3, 0.4) is 0 Å². The van der Waals surface area contributed by atoms with Gasteiger partial charge in [-0.25, -0.2) is 0 Å². The zero-order valence-electron chi connectivity index (χ0n) is 21.8. The number of aromatic nitrogens is 3. The van der Waals surface area contributed by atoms with Crippen LogP contribution >= 0.6 is 11.3 Å². The second-order valence-electron chi connectivity index (χ2n) is 9.46. The van der Waals surface area contributed by atoms with E-state index in [1.54, 1.807) is 32.7 Å². The van der Waals surface area contributed by atoms with Crippen LogP contribution in [0.5, 0.6) is 17.2 Å². The van der Waals surface area contributed by atoms with Gasteiger partial charge < -0.3 is 19.3 Å². The van der Waals surface area contributed by atoms with Gasteiger partial charge in [-0.15, -0.1) is 21.5 Å². The Balaban J connectivity index is 1.28. The molecule has 0 amide bonds. The molecule has 2 aliphatic rings. The molecule has 196 valence electrons. The lowest BCUT2D eigenvalue weighted by atomic mass is 9.97. The lowest BCUT2D eigenvalue weighted by Gasteiger charge is -2.14. The zero-order valence-corrected chi connectivity index (χ0v) is 22.6. The van der Waals surface area contributed by atoms with Gasteiger partial charge in [-0.3, -0.25) is 9.56 Å². The zero-order chi connectivity index (χ0) is 26.2. The number of nitrogens with zero attached hydrogens (tertiary/aromatic N) is 4. The molecule has 6 rings (SSSR count). The summed E-state index contributed by atoms with van der Waals surface area (Å²) in [6, 6.07) is 12.7. The Morgan fingerprint density at radius 2 is 1.66 bits per heavy atom. The predicted molar refractivity (Wildman–Crippen MR) is 146 cm³/mol. The van der Waals surface area contributed by atoms with Crippen LogP contribution in [0.15, 0.2) is 41.4 Å². The highest BCUT2D eigenvalue weighted by atomic mass is 32.1. The van der Waals surface area contributed by atoms with E-state index in [4.69, 9.17) is 19.2 Å². The van der Waals surface area contributed by atoms with Crippen LogP contribution in [0, 0.1) is 0 Å². The third-order valence-electron chi connectivity index (χ3n) is 7.31. The summed E-state index contributed by atoms with van der Waals surface area (Å²) in [6.07, 6.45) is 5.04. The lowest BCUT2D eigenvalue weighted by molar-refractivity contribution is 0.269. The van der Waals surface area contributed by atoms with E-state index in [2.05, 4.69) is 34.5 Å². The second-order valence-corrected chi connectivity index (χ2v) is 10.5. The molecule has 0 radical (unpaired) electrons. The number of hydrogen-bond donors (Lipinski definition) is 1. The Hall–Kier alpha value is -3.69. The lowest BCUT2D eigenvalue weighted by Crippen LogP contribution is -2.09. The van der Waals surface area contributed by atoms with E-state index < -0.39 is 0 Å². The number of hydrogen-bond acceptors (Lipinski definition) is 8. The van der Waals surface area contributed by atoms with E-state index in [1.165, 1.54) is 28.0 Å². The molecule has 0 fully saturated rings. The van der Waals surface area contributed by atoms with Crippen molar-refractivity contribution in [3.05, 3.63) is 80.7 Å². The van der Waals surface area contributed by atoms with E-state index in [0.29, 0.717) is 29.6 Å². The fraction of sp³-hybridized carbons (Fsp3) is 0.345. The highest BCUT2D eigenvalue weighted by Gasteiger charge is 2.31. The minimum absolute atomic E-state index is 0.148. The highest BCUT2D eigenvalue weighted by molar-refractivity contribution is 7.15. The van der Waals surface area contributed by atoms with Crippen LogP contribution in [0.2, 0.25) is 0 Å². The Bertz CT molecular complexity index is 1500. The van der Waals surface area contributed by atoms with Gasteiger partial charge in [0.25, 0.3) is 0 Å². The van der Waals surface area contributed by atoms with Gasteiger partial charge in [0.1, 0.15) is 18.2 Å². The average molecular weight is 531 g/mol. The summed E-state index contributed by atoms with van der Waals surface area (Å²) in [5, 5.41) is 19.5. The molecule has 9 heteroatoms. The van der Waals surface area contributed by atoms with Crippen molar-refractivity contribution < 1.29 is 19.3 Å². The summed E-state index contributed by atoms with van der Waals surface area (Å²) < 4.78 is 18.5. The molecular weight excluding hydrogens is 500 g/mol. The molecule has 0 spiro atoms. The first kappa shape index (κ1) is 24.6. The molecule has 1 aliphatic heterocycles. The average Bonchev–Trinajstić information content (AvgIpc) is 3.64.